The molecule has 0 bridgehead atoms. The molecule has 288 valence electrons. The number of hydrogen-bond acceptors (Lipinski definition) is 6. The van der Waals surface area contributed by atoms with Crippen LogP contribution in [-0.2, 0) is 28.2 Å². The first-order valence-corrected chi connectivity index (χ1v) is 21.1. The number of phosphoric ester groups is 1. The summed E-state index contributed by atoms with van der Waals surface area (Å²) >= 11 is 0. The maximum absolute atomic E-state index is 12.4. The van der Waals surface area contributed by atoms with Gasteiger partial charge in [0.2, 0.25) is 0 Å². The molecular weight excluding hydrogens is 651 g/mol. The first kappa shape index (κ1) is 47.8. The molecule has 0 rings (SSSR count). The minimum absolute atomic E-state index is 0.170. The number of ether oxygens (including phenoxy) is 2. The SMILES string of the molecule is CCCCC/C=C\C/C=C\C/C=C\C/C=C\CCCCCC(=O)O[C@H](COC(=O)CCCCCCC/C=C\CCCCCC)COP(=O)(O)O. The summed E-state index contributed by atoms with van der Waals surface area (Å²) in [5.41, 5.74) is 0. The van der Waals surface area contributed by atoms with Crippen LogP contribution in [0.5, 0.6) is 0 Å². The molecule has 2 N–H and O–H groups in total. The van der Waals surface area contributed by atoms with Crippen molar-refractivity contribution in [3.8, 4) is 0 Å². The Kier molecular flexibility index (Phi) is 34.9. The number of hydrogen-bond donors (Lipinski definition) is 2. The molecule has 8 nitrogen and oxygen atoms in total. The Morgan fingerprint density at radius 2 is 0.900 bits per heavy atom. The molecule has 0 saturated heterocycles. The summed E-state index contributed by atoms with van der Waals surface area (Å²) in [5.74, 6) is -0.936. The van der Waals surface area contributed by atoms with Gasteiger partial charge in [-0.1, -0.05) is 132 Å². The lowest BCUT2D eigenvalue weighted by Gasteiger charge is -2.18. The van der Waals surface area contributed by atoms with Crippen LogP contribution >= 0.6 is 7.82 Å². The van der Waals surface area contributed by atoms with Crippen molar-refractivity contribution in [3.63, 3.8) is 0 Å². The van der Waals surface area contributed by atoms with Crippen molar-refractivity contribution < 1.29 is 37.9 Å². The monoisotopic (exact) mass is 722 g/mol. The summed E-state index contributed by atoms with van der Waals surface area (Å²) in [4.78, 5) is 42.7. The average Bonchev–Trinajstić information content (AvgIpc) is 3.08. The van der Waals surface area contributed by atoms with Gasteiger partial charge in [-0.05, 0) is 83.5 Å². The molecule has 50 heavy (non-hydrogen) atoms. The quantitative estimate of drug-likeness (QED) is 0.0287. The van der Waals surface area contributed by atoms with Gasteiger partial charge in [0, 0.05) is 12.8 Å². The topological polar surface area (TPSA) is 119 Å². The van der Waals surface area contributed by atoms with Crippen LogP contribution in [0.15, 0.2) is 60.8 Å². The van der Waals surface area contributed by atoms with E-state index in [1.165, 1.54) is 57.8 Å². The lowest BCUT2D eigenvalue weighted by molar-refractivity contribution is -0.161. The van der Waals surface area contributed by atoms with E-state index in [0.717, 1.165) is 70.6 Å². The Morgan fingerprint density at radius 3 is 1.42 bits per heavy atom. The Labute approximate surface area is 305 Å². The molecule has 0 amide bonds. The molecule has 0 aromatic carbocycles. The highest BCUT2D eigenvalue weighted by molar-refractivity contribution is 7.46. The molecule has 0 saturated carbocycles. The molecule has 0 fully saturated rings. The van der Waals surface area contributed by atoms with Crippen molar-refractivity contribution in [1.29, 1.82) is 0 Å². The zero-order chi connectivity index (χ0) is 36.8. The van der Waals surface area contributed by atoms with Crippen LogP contribution in [0.25, 0.3) is 0 Å². The highest BCUT2D eigenvalue weighted by atomic mass is 31.2. The minimum atomic E-state index is -4.76. The van der Waals surface area contributed by atoms with E-state index in [2.05, 4.69) is 79.1 Å². The third-order valence-electron chi connectivity index (χ3n) is 8.01. The lowest BCUT2D eigenvalue weighted by atomic mass is 10.1. The maximum atomic E-state index is 12.4. The zero-order valence-electron chi connectivity index (χ0n) is 31.5. The van der Waals surface area contributed by atoms with Gasteiger partial charge in [-0.2, -0.15) is 0 Å². The van der Waals surface area contributed by atoms with E-state index >= 15 is 0 Å². The van der Waals surface area contributed by atoms with Gasteiger partial charge in [-0.15, -0.1) is 0 Å². The molecule has 0 aliphatic carbocycles. The molecule has 9 heteroatoms. The number of carbonyl (C=O) groups excluding carboxylic acids is 2. The third kappa shape index (κ3) is 38.6. The summed E-state index contributed by atoms with van der Waals surface area (Å²) in [6.07, 6.45) is 45.1. The van der Waals surface area contributed by atoms with E-state index in [1.54, 1.807) is 0 Å². The average molecular weight is 723 g/mol. The number of esters is 2. The van der Waals surface area contributed by atoms with Crippen molar-refractivity contribution in [2.75, 3.05) is 13.2 Å². The van der Waals surface area contributed by atoms with Crippen molar-refractivity contribution in [2.24, 2.45) is 0 Å². The van der Waals surface area contributed by atoms with Crippen LogP contribution in [0.1, 0.15) is 168 Å². The number of carbonyl (C=O) groups is 2. The number of phosphoric acid groups is 1. The van der Waals surface area contributed by atoms with E-state index in [9.17, 15) is 14.2 Å². The van der Waals surface area contributed by atoms with Gasteiger partial charge in [0.05, 0.1) is 6.61 Å². The van der Waals surface area contributed by atoms with Crippen LogP contribution in [0, 0.1) is 0 Å². The Bertz CT molecular complexity index is 995. The molecular formula is C41H71O8P. The number of allylic oxidation sites excluding steroid dienone is 10. The minimum Gasteiger partial charge on any atom is -0.462 e. The molecule has 0 spiro atoms. The second-order valence-electron chi connectivity index (χ2n) is 12.9. The third-order valence-corrected chi connectivity index (χ3v) is 8.49. The predicted molar refractivity (Wildman–Crippen MR) is 207 cm³/mol. The maximum Gasteiger partial charge on any atom is 0.469 e. The summed E-state index contributed by atoms with van der Waals surface area (Å²) in [6, 6.07) is 0. The molecule has 0 heterocycles. The summed E-state index contributed by atoms with van der Waals surface area (Å²) < 4.78 is 26.3. The molecule has 0 aliphatic heterocycles. The van der Waals surface area contributed by atoms with Crippen LogP contribution < -0.4 is 0 Å². The van der Waals surface area contributed by atoms with Gasteiger partial charge < -0.3 is 19.3 Å². The fourth-order valence-corrected chi connectivity index (χ4v) is 5.42. The number of unbranched alkanes of at least 4 members (excludes halogenated alkanes) is 15. The Balaban J connectivity index is 4.05. The van der Waals surface area contributed by atoms with Crippen molar-refractivity contribution >= 4 is 19.8 Å². The van der Waals surface area contributed by atoms with Gasteiger partial charge in [-0.3, -0.25) is 14.1 Å². The smallest absolute Gasteiger partial charge is 0.462 e. The van der Waals surface area contributed by atoms with Gasteiger partial charge in [0.15, 0.2) is 6.10 Å². The van der Waals surface area contributed by atoms with Crippen molar-refractivity contribution in [1.82, 2.24) is 0 Å². The summed E-state index contributed by atoms with van der Waals surface area (Å²) in [7, 11) is -4.76. The predicted octanol–water partition coefficient (Wildman–Crippen LogP) is 11.7. The first-order valence-electron chi connectivity index (χ1n) is 19.6. The summed E-state index contributed by atoms with van der Waals surface area (Å²) in [5, 5.41) is 0. The van der Waals surface area contributed by atoms with Crippen LogP contribution in [0.4, 0.5) is 0 Å². The van der Waals surface area contributed by atoms with Gasteiger partial charge in [0.25, 0.3) is 0 Å². The van der Waals surface area contributed by atoms with Crippen molar-refractivity contribution in [3.05, 3.63) is 60.8 Å². The standard InChI is InChI=1S/C41H71O8P/c1-3-5-7-9-11-13-15-17-18-19-20-21-22-24-26-28-30-32-34-36-41(43)49-39(38-48-50(44,45)46)37-47-40(42)35-33-31-29-27-25-23-16-14-12-10-8-6-4-2/h11,13-14,16-18,20-21,24,26,39H,3-10,12,15,19,22-23,25,27-38H2,1-2H3,(H2,44,45,46)/b13-11-,16-14-,18-17-,21-20-,26-24-/t39-/m1/s1. The fraction of sp³-hybridized carbons (Fsp3) is 0.707. The normalized spacial score (nSPS) is 13.1. The highest BCUT2D eigenvalue weighted by Crippen LogP contribution is 2.36. The number of rotatable bonds is 35. The summed E-state index contributed by atoms with van der Waals surface area (Å²) in [6.45, 7) is 3.59. The van der Waals surface area contributed by atoms with Gasteiger partial charge >= 0.3 is 19.8 Å². The largest absolute Gasteiger partial charge is 0.469 e. The molecule has 0 aromatic heterocycles. The van der Waals surface area contributed by atoms with Gasteiger partial charge in [-0.25, -0.2) is 4.57 Å². The van der Waals surface area contributed by atoms with E-state index in [4.69, 9.17) is 19.3 Å². The lowest BCUT2D eigenvalue weighted by Crippen LogP contribution is -2.29. The molecule has 0 radical (unpaired) electrons. The zero-order valence-corrected chi connectivity index (χ0v) is 32.4. The second kappa shape index (κ2) is 36.5. The fourth-order valence-electron chi connectivity index (χ4n) is 5.06. The van der Waals surface area contributed by atoms with E-state index in [1.807, 2.05) is 0 Å². The molecule has 0 unspecified atom stereocenters. The highest BCUT2D eigenvalue weighted by Gasteiger charge is 2.22. The van der Waals surface area contributed by atoms with Crippen LogP contribution in [-0.4, -0.2) is 41.0 Å². The van der Waals surface area contributed by atoms with Crippen molar-refractivity contribution in [2.45, 2.75) is 174 Å². The van der Waals surface area contributed by atoms with E-state index in [0.29, 0.717) is 12.8 Å². The van der Waals surface area contributed by atoms with Crippen LogP contribution in [0.3, 0.4) is 0 Å². The van der Waals surface area contributed by atoms with Gasteiger partial charge in [0.1, 0.15) is 6.61 Å². The van der Waals surface area contributed by atoms with Crippen LogP contribution in [0.2, 0.25) is 0 Å². The van der Waals surface area contributed by atoms with E-state index < -0.39 is 32.5 Å². The Hall–Kier alpha value is -2.25. The second-order valence-corrected chi connectivity index (χ2v) is 14.1. The molecule has 0 aromatic rings. The van der Waals surface area contributed by atoms with E-state index in [-0.39, 0.29) is 19.4 Å². The first-order chi connectivity index (χ1) is 24.3. The molecule has 1 atom stereocenters. The molecule has 0 aliphatic rings. The Morgan fingerprint density at radius 1 is 0.520 bits per heavy atom.